The Labute approximate surface area is 94.4 Å². The second kappa shape index (κ2) is 3.90. The average Bonchev–Trinajstić information content (AvgIpc) is 2.29. The van der Waals surface area contributed by atoms with Crippen LogP contribution < -0.4 is 0 Å². The molecule has 0 bridgehead atoms. The molecule has 74 valence electrons. The molecule has 0 saturated heterocycles. The number of hydrogen-bond donors (Lipinski definition) is 0. The van der Waals surface area contributed by atoms with E-state index in [1.54, 1.807) is 6.92 Å². The summed E-state index contributed by atoms with van der Waals surface area (Å²) >= 11 is 6.90. The van der Waals surface area contributed by atoms with Gasteiger partial charge in [0.05, 0.1) is 3.79 Å². The van der Waals surface area contributed by atoms with E-state index in [9.17, 15) is 13.2 Å². The second-order valence-electron chi connectivity index (χ2n) is 2.51. The lowest BCUT2D eigenvalue weighted by molar-refractivity contribution is -0.127. The number of alkyl halides is 4. The molecule has 0 aliphatic heterocycles. The molecule has 0 N–H and O–H groups in total. The van der Waals surface area contributed by atoms with Crippen LogP contribution in [0.25, 0.3) is 0 Å². The van der Waals surface area contributed by atoms with Crippen LogP contribution in [0, 0.1) is 6.92 Å². The van der Waals surface area contributed by atoms with Crippen molar-refractivity contribution in [2.45, 2.75) is 17.9 Å². The highest BCUT2D eigenvalue weighted by Crippen LogP contribution is 2.44. The maximum atomic E-state index is 12.2. The number of halogens is 5. The molecule has 13 heavy (non-hydrogen) atoms. The van der Waals surface area contributed by atoms with Crippen LogP contribution in [-0.2, 0) is 0 Å². The Morgan fingerprint density at radius 3 is 2.31 bits per heavy atom. The van der Waals surface area contributed by atoms with Gasteiger partial charge in [0.1, 0.15) is 4.83 Å². The minimum Gasteiger partial charge on any atom is -0.169 e. The number of aryl methyl sites for hydroxylation is 1. The van der Waals surface area contributed by atoms with Gasteiger partial charge in [-0.2, -0.15) is 13.2 Å². The summed E-state index contributed by atoms with van der Waals surface area (Å²) < 4.78 is 37.4. The van der Waals surface area contributed by atoms with Crippen LogP contribution in [0.5, 0.6) is 0 Å². The van der Waals surface area contributed by atoms with Crippen molar-refractivity contribution in [3.8, 4) is 0 Å². The molecule has 0 aromatic carbocycles. The normalized spacial score (nSPS) is 14.6. The first-order valence-corrected chi connectivity index (χ1v) is 5.81. The van der Waals surface area contributed by atoms with Gasteiger partial charge < -0.3 is 0 Å². The van der Waals surface area contributed by atoms with E-state index in [0.29, 0.717) is 0 Å². The van der Waals surface area contributed by atoms with Crippen molar-refractivity contribution in [2.24, 2.45) is 0 Å². The summed E-state index contributed by atoms with van der Waals surface area (Å²) in [5.41, 5.74) is 0.828. The molecular formula is C7H5Br2F3S. The van der Waals surface area contributed by atoms with Crippen molar-refractivity contribution in [2.75, 3.05) is 0 Å². The van der Waals surface area contributed by atoms with E-state index >= 15 is 0 Å². The SMILES string of the molecule is Cc1cc(C(Br)C(F)(F)F)sc1Br. The molecule has 0 nitrogen and oxygen atoms in total. The molecule has 1 rings (SSSR count). The Morgan fingerprint density at radius 1 is 1.46 bits per heavy atom. The van der Waals surface area contributed by atoms with E-state index in [2.05, 4.69) is 31.9 Å². The maximum absolute atomic E-state index is 12.2. The third-order valence-corrected chi connectivity index (χ3v) is 4.93. The zero-order valence-corrected chi connectivity index (χ0v) is 10.4. The predicted molar refractivity (Wildman–Crippen MR) is 54.5 cm³/mol. The molecular weight excluding hydrogens is 333 g/mol. The van der Waals surface area contributed by atoms with Crippen molar-refractivity contribution in [1.82, 2.24) is 0 Å². The van der Waals surface area contributed by atoms with E-state index in [0.717, 1.165) is 20.7 Å². The molecule has 1 atom stereocenters. The van der Waals surface area contributed by atoms with Gasteiger partial charge in [0.2, 0.25) is 0 Å². The summed E-state index contributed by atoms with van der Waals surface area (Å²) in [6, 6.07) is 1.53. The fourth-order valence-corrected chi connectivity index (χ4v) is 2.76. The summed E-state index contributed by atoms with van der Waals surface area (Å²) in [5, 5.41) is 0. The van der Waals surface area contributed by atoms with Crippen molar-refractivity contribution in [1.29, 1.82) is 0 Å². The minimum atomic E-state index is -4.23. The highest BCUT2D eigenvalue weighted by atomic mass is 79.9. The molecule has 0 saturated carbocycles. The van der Waals surface area contributed by atoms with Crippen LogP contribution in [0.2, 0.25) is 0 Å². The second-order valence-corrected chi connectivity index (χ2v) is 5.83. The zero-order chi connectivity index (χ0) is 10.2. The van der Waals surface area contributed by atoms with E-state index in [1.807, 2.05) is 0 Å². The molecule has 1 aromatic rings. The van der Waals surface area contributed by atoms with E-state index in [-0.39, 0.29) is 4.88 Å². The highest BCUT2D eigenvalue weighted by Gasteiger charge is 2.39. The smallest absolute Gasteiger partial charge is 0.169 e. The highest BCUT2D eigenvalue weighted by molar-refractivity contribution is 9.11. The Morgan fingerprint density at radius 2 is 2.00 bits per heavy atom. The van der Waals surface area contributed by atoms with Gasteiger partial charge in [-0.05, 0) is 34.5 Å². The summed E-state index contributed by atoms with van der Waals surface area (Å²) in [4.78, 5) is -1.29. The molecule has 1 aromatic heterocycles. The van der Waals surface area contributed by atoms with Crippen molar-refractivity contribution >= 4 is 43.2 Å². The molecule has 0 radical (unpaired) electrons. The molecule has 0 spiro atoms. The minimum absolute atomic E-state index is 0.275. The van der Waals surface area contributed by atoms with Gasteiger partial charge in [-0.1, -0.05) is 15.9 Å². The Kier molecular flexibility index (Phi) is 3.46. The van der Waals surface area contributed by atoms with E-state index in [4.69, 9.17) is 0 Å². The molecule has 0 aliphatic carbocycles. The topological polar surface area (TPSA) is 0 Å². The zero-order valence-electron chi connectivity index (χ0n) is 6.45. The maximum Gasteiger partial charge on any atom is 0.405 e. The first-order valence-electron chi connectivity index (χ1n) is 3.29. The van der Waals surface area contributed by atoms with Crippen molar-refractivity contribution in [3.63, 3.8) is 0 Å². The average molecular weight is 338 g/mol. The lowest BCUT2D eigenvalue weighted by atomic mass is 10.3. The molecule has 0 fully saturated rings. The quantitative estimate of drug-likeness (QED) is 0.645. The Hall–Kier alpha value is 0.450. The molecule has 0 amide bonds. The summed E-state index contributed by atoms with van der Waals surface area (Å²) in [6.07, 6.45) is -4.23. The van der Waals surface area contributed by atoms with E-state index in [1.165, 1.54) is 6.07 Å². The monoisotopic (exact) mass is 336 g/mol. The third-order valence-electron chi connectivity index (χ3n) is 1.41. The largest absolute Gasteiger partial charge is 0.405 e. The van der Waals surface area contributed by atoms with Crippen LogP contribution in [0.15, 0.2) is 9.85 Å². The Bertz CT molecular complexity index is 286. The standard InChI is InChI=1S/C7H5Br2F3S/c1-3-2-4(13-6(3)9)5(8)7(10,11)12/h2,5H,1H3. The fourth-order valence-electron chi connectivity index (χ4n) is 0.770. The number of thiophene rings is 1. The number of hydrogen-bond acceptors (Lipinski definition) is 1. The van der Waals surface area contributed by atoms with Crippen molar-refractivity contribution < 1.29 is 13.2 Å². The van der Waals surface area contributed by atoms with Crippen LogP contribution in [0.4, 0.5) is 13.2 Å². The van der Waals surface area contributed by atoms with Gasteiger partial charge in [-0.3, -0.25) is 0 Å². The lowest BCUT2D eigenvalue weighted by Gasteiger charge is -2.11. The van der Waals surface area contributed by atoms with Crippen LogP contribution in [0.3, 0.4) is 0 Å². The molecule has 1 unspecified atom stereocenters. The van der Waals surface area contributed by atoms with Crippen LogP contribution >= 0.6 is 43.2 Å². The lowest BCUT2D eigenvalue weighted by Crippen LogP contribution is -2.13. The predicted octanol–water partition coefficient (Wildman–Crippen LogP) is 4.82. The fraction of sp³-hybridized carbons (Fsp3) is 0.429. The molecule has 1 heterocycles. The van der Waals surface area contributed by atoms with Gasteiger partial charge in [-0.15, -0.1) is 11.3 Å². The van der Waals surface area contributed by atoms with Crippen LogP contribution in [0.1, 0.15) is 15.3 Å². The third kappa shape index (κ3) is 2.70. The van der Waals surface area contributed by atoms with E-state index < -0.39 is 11.0 Å². The molecule has 6 heteroatoms. The van der Waals surface area contributed by atoms with Crippen molar-refractivity contribution in [3.05, 3.63) is 20.3 Å². The Balaban J connectivity index is 2.96. The van der Waals surface area contributed by atoms with Gasteiger partial charge >= 0.3 is 6.18 Å². The number of rotatable bonds is 1. The summed E-state index contributed by atoms with van der Waals surface area (Å²) in [7, 11) is 0. The first-order chi connectivity index (χ1) is 5.82. The van der Waals surface area contributed by atoms with Gasteiger partial charge in [0, 0.05) is 4.88 Å². The summed E-state index contributed by atoms with van der Waals surface area (Å²) in [5.74, 6) is 0. The van der Waals surface area contributed by atoms with Crippen LogP contribution in [-0.4, -0.2) is 6.18 Å². The molecule has 0 aliphatic rings. The van der Waals surface area contributed by atoms with Gasteiger partial charge in [0.25, 0.3) is 0 Å². The summed E-state index contributed by atoms with van der Waals surface area (Å²) in [6.45, 7) is 1.76. The van der Waals surface area contributed by atoms with Gasteiger partial charge in [-0.25, -0.2) is 0 Å². The van der Waals surface area contributed by atoms with Gasteiger partial charge in [0.15, 0.2) is 0 Å². The first kappa shape index (κ1) is 11.5.